The first-order valence-electron chi connectivity index (χ1n) is 12.2. The van der Waals surface area contributed by atoms with Gasteiger partial charge in [-0.2, -0.15) is 5.26 Å². The van der Waals surface area contributed by atoms with E-state index >= 15 is 0 Å². The highest BCUT2D eigenvalue weighted by Gasteiger charge is 2.22. The van der Waals surface area contributed by atoms with Gasteiger partial charge in [-0.25, -0.2) is 4.98 Å². The molecule has 0 aliphatic rings. The predicted octanol–water partition coefficient (Wildman–Crippen LogP) is 7.42. The molecule has 4 aromatic rings. The lowest BCUT2D eigenvalue weighted by Gasteiger charge is -2.17. The number of carbonyl (C=O) groups is 1. The first-order valence-corrected chi connectivity index (χ1v) is 13.1. The number of aromatic nitrogens is 1. The first-order chi connectivity index (χ1) is 17.9. The van der Waals surface area contributed by atoms with Crippen molar-refractivity contribution < 1.29 is 9.53 Å². The fraction of sp³-hybridized carbons (Fsp3) is 0.194. The van der Waals surface area contributed by atoms with E-state index in [0.29, 0.717) is 17.2 Å². The summed E-state index contributed by atoms with van der Waals surface area (Å²) in [5.74, 6) is 0.649. The normalized spacial score (nSPS) is 11.4. The molecule has 4 rings (SSSR count). The fourth-order valence-electron chi connectivity index (χ4n) is 4.05. The van der Waals surface area contributed by atoms with E-state index in [2.05, 4.69) is 11.4 Å². The molecule has 0 saturated heterocycles. The summed E-state index contributed by atoms with van der Waals surface area (Å²) in [5, 5.41) is 13.3. The minimum Gasteiger partial charge on any atom is -0.494 e. The summed E-state index contributed by atoms with van der Waals surface area (Å²) in [6.45, 7) is 8.32. The van der Waals surface area contributed by atoms with Crippen molar-refractivity contribution in [2.45, 2.75) is 38.0 Å². The smallest absolute Gasteiger partial charge is 0.237 e. The van der Waals surface area contributed by atoms with E-state index in [0.717, 1.165) is 44.9 Å². The number of thioether (sulfide) groups is 1. The topological polar surface area (TPSA) is 75.0 Å². The van der Waals surface area contributed by atoms with Gasteiger partial charge in [0.1, 0.15) is 16.8 Å². The number of para-hydroxylation sites is 1. The Bertz CT molecular complexity index is 1420. The van der Waals surface area contributed by atoms with Gasteiger partial charge in [0, 0.05) is 16.8 Å². The van der Waals surface area contributed by atoms with Gasteiger partial charge in [0.2, 0.25) is 5.91 Å². The van der Waals surface area contributed by atoms with Crippen LogP contribution in [0.25, 0.3) is 22.4 Å². The minimum absolute atomic E-state index is 0.138. The van der Waals surface area contributed by atoms with Gasteiger partial charge >= 0.3 is 0 Å². The molecule has 1 aromatic heterocycles. The zero-order valence-corrected chi connectivity index (χ0v) is 22.2. The van der Waals surface area contributed by atoms with Crippen molar-refractivity contribution in [3.63, 3.8) is 0 Å². The summed E-state index contributed by atoms with van der Waals surface area (Å²) in [4.78, 5) is 18.0. The second-order valence-electron chi connectivity index (χ2n) is 8.69. The SMILES string of the molecule is CCOc1ccc(-c2cc(-c3ccccc3)c(C#N)c(SC(C)C(=O)Nc3c(C)cccc3C)n2)cc1. The number of anilines is 1. The van der Waals surface area contributed by atoms with Crippen LogP contribution >= 0.6 is 11.8 Å². The van der Waals surface area contributed by atoms with E-state index < -0.39 is 5.25 Å². The van der Waals surface area contributed by atoms with Gasteiger partial charge in [0.25, 0.3) is 0 Å². The molecule has 3 aromatic carbocycles. The van der Waals surface area contributed by atoms with Crippen LogP contribution < -0.4 is 10.1 Å². The number of pyridine rings is 1. The Kier molecular flexibility index (Phi) is 8.27. The quantitative estimate of drug-likeness (QED) is 0.251. The van der Waals surface area contributed by atoms with Crippen molar-refractivity contribution in [1.82, 2.24) is 4.98 Å². The summed E-state index contributed by atoms with van der Waals surface area (Å²) in [7, 11) is 0. The number of carbonyl (C=O) groups excluding carboxylic acids is 1. The van der Waals surface area contributed by atoms with Gasteiger partial charge in [-0.05, 0) is 74.7 Å². The molecule has 0 saturated carbocycles. The van der Waals surface area contributed by atoms with Crippen LogP contribution in [0.4, 0.5) is 5.69 Å². The number of benzene rings is 3. The molecular weight excluding hydrogens is 478 g/mol. The zero-order chi connectivity index (χ0) is 26.4. The van der Waals surface area contributed by atoms with E-state index in [1.54, 1.807) is 0 Å². The van der Waals surface area contributed by atoms with Gasteiger partial charge in [-0.3, -0.25) is 4.79 Å². The number of nitrogens with zero attached hydrogens (tertiary/aromatic N) is 2. The molecule has 0 radical (unpaired) electrons. The Labute approximate surface area is 222 Å². The Hall–Kier alpha value is -4.08. The molecule has 1 amide bonds. The molecule has 186 valence electrons. The van der Waals surface area contributed by atoms with E-state index in [4.69, 9.17) is 9.72 Å². The maximum atomic E-state index is 13.2. The number of hydrogen-bond donors (Lipinski definition) is 1. The second-order valence-corrected chi connectivity index (χ2v) is 10.0. The average Bonchev–Trinajstić information content (AvgIpc) is 2.91. The van der Waals surface area contributed by atoms with E-state index in [-0.39, 0.29) is 5.91 Å². The maximum Gasteiger partial charge on any atom is 0.237 e. The monoisotopic (exact) mass is 507 g/mol. The third-order valence-corrected chi connectivity index (χ3v) is 7.12. The first kappa shape index (κ1) is 26.0. The summed E-state index contributed by atoms with van der Waals surface area (Å²) in [6, 6.07) is 27.7. The maximum absolute atomic E-state index is 13.2. The van der Waals surface area contributed by atoms with E-state index in [9.17, 15) is 10.1 Å². The van der Waals surface area contributed by atoms with E-state index in [1.807, 2.05) is 107 Å². The highest BCUT2D eigenvalue weighted by Crippen LogP contribution is 2.36. The molecule has 1 unspecified atom stereocenters. The van der Waals surface area contributed by atoms with Crippen LogP contribution in [0.1, 0.15) is 30.5 Å². The van der Waals surface area contributed by atoms with Crippen molar-refractivity contribution in [3.05, 3.63) is 95.6 Å². The zero-order valence-electron chi connectivity index (χ0n) is 21.4. The number of nitrogens with one attached hydrogen (secondary N) is 1. The summed E-state index contributed by atoms with van der Waals surface area (Å²) in [6.07, 6.45) is 0. The van der Waals surface area contributed by atoms with Crippen molar-refractivity contribution in [3.8, 4) is 34.2 Å². The summed E-state index contributed by atoms with van der Waals surface area (Å²) >= 11 is 1.29. The fourth-order valence-corrected chi connectivity index (χ4v) is 4.98. The van der Waals surface area contributed by atoms with Gasteiger partial charge in [0.15, 0.2) is 0 Å². The van der Waals surface area contributed by atoms with Crippen LogP contribution in [0.5, 0.6) is 5.75 Å². The van der Waals surface area contributed by atoms with Crippen LogP contribution in [0.3, 0.4) is 0 Å². The lowest BCUT2D eigenvalue weighted by Crippen LogP contribution is -2.23. The molecule has 0 bridgehead atoms. The molecule has 0 aliphatic carbocycles. The Morgan fingerprint density at radius 2 is 1.68 bits per heavy atom. The third kappa shape index (κ3) is 6.02. The molecule has 37 heavy (non-hydrogen) atoms. The van der Waals surface area contributed by atoms with Crippen molar-refractivity contribution >= 4 is 23.4 Å². The van der Waals surface area contributed by atoms with Crippen LogP contribution in [0, 0.1) is 25.2 Å². The molecule has 1 atom stereocenters. The number of aryl methyl sites for hydroxylation is 2. The largest absolute Gasteiger partial charge is 0.494 e. The standard InChI is InChI=1S/C31H29N3O2S/c1-5-36-25-16-14-24(15-17-25)28-18-26(23-12-7-6-8-13-23)27(19-32)31(33-28)37-22(4)30(35)34-29-20(2)10-9-11-21(29)3/h6-18,22H,5H2,1-4H3,(H,34,35). The van der Waals surface area contributed by atoms with Gasteiger partial charge in [0.05, 0.1) is 23.1 Å². The van der Waals surface area contributed by atoms with Crippen molar-refractivity contribution in [1.29, 1.82) is 5.26 Å². The molecule has 0 aliphatic heterocycles. The molecule has 0 spiro atoms. The highest BCUT2D eigenvalue weighted by molar-refractivity contribution is 8.00. The average molecular weight is 508 g/mol. The number of amides is 1. The lowest BCUT2D eigenvalue weighted by atomic mass is 9.99. The molecule has 1 heterocycles. The Balaban J connectivity index is 1.73. The predicted molar refractivity (Wildman–Crippen MR) is 151 cm³/mol. The second kappa shape index (κ2) is 11.8. The number of ether oxygens (including phenoxy) is 1. The summed E-state index contributed by atoms with van der Waals surface area (Å²) in [5.41, 5.74) is 6.62. The van der Waals surface area contributed by atoms with Crippen LogP contribution in [-0.2, 0) is 4.79 Å². The molecule has 5 nitrogen and oxygen atoms in total. The third-order valence-electron chi connectivity index (χ3n) is 6.03. The molecular formula is C31H29N3O2S. The molecule has 1 N–H and O–H groups in total. The molecule has 6 heteroatoms. The van der Waals surface area contributed by atoms with Gasteiger partial charge < -0.3 is 10.1 Å². The van der Waals surface area contributed by atoms with Crippen LogP contribution in [0.15, 0.2) is 83.9 Å². The Morgan fingerprint density at radius 1 is 1.00 bits per heavy atom. The molecule has 0 fully saturated rings. The van der Waals surface area contributed by atoms with Gasteiger partial charge in [-0.15, -0.1) is 0 Å². The number of hydrogen-bond acceptors (Lipinski definition) is 5. The van der Waals surface area contributed by atoms with Crippen molar-refractivity contribution in [2.24, 2.45) is 0 Å². The van der Waals surface area contributed by atoms with Crippen LogP contribution in [-0.4, -0.2) is 22.7 Å². The van der Waals surface area contributed by atoms with Gasteiger partial charge in [-0.1, -0.05) is 60.3 Å². The lowest BCUT2D eigenvalue weighted by molar-refractivity contribution is -0.115. The highest BCUT2D eigenvalue weighted by atomic mass is 32.2. The van der Waals surface area contributed by atoms with Crippen LogP contribution in [0.2, 0.25) is 0 Å². The summed E-state index contributed by atoms with van der Waals surface area (Å²) < 4.78 is 5.58. The Morgan fingerprint density at radius 3 is 2.30 bits per heavy atom. The van der Waals surface area contributed by atoms with E-state index in [1.165, 1.54) is 11.8 Å². The number of nitriles is 1. The van der Waals surface area contributed by atoms with Crippen molar-refractivity contribution in [2.75, 3.05) is 11.9 Å². The number of rotatable bonds is 8. The minimum atomic E-state index is -0.474.